The van der Waals surface area contributed by atoms with Crippen LogP contribution in [0.4, 0.5) is 0 Å². The van der Waals surface area contributed by atoms with Crippen molar-refractivity contribution in [2.45, 2.75) is 50.1 Å². The molecule has 1 aliphatic heterocycles. The largest absolute Gasteiger partial charge is 0.454 e. The lowest BCUT2D eigenvalue weighted by atomic mass is 10.0. The Morgan fingerprint density at radius 1 is 1.27 bits per heavy atom. The zero-order chi connectivity index (χ0) is 19.7. The van der Waals surface area contributed by atoms with Crippen molar-refractivity contribution in [1.82, 2.24) is 0 Å². The topological polar surface area (TPSA) is 180 Å². The molecule has 154 valence electrons. The van der Waals surface area contributed by atoms with Crippen molar-refractivity contribution in [1.29, 1.82) is 0 Å². The van der Waals surface area contributed by atoms with Crippen LogP contribution in [0.1, 0.15) is 20.3 Å². The third-order valence-corrected chi connectivity index (χ3v) is 4.79. The van der Waals surface area contributed by atoms with Crippen LogP contribution in [0.25, 0.3) is 0 Å². The number of aliphatic hydroxyl groups excluding tert-OH is 2. The van der Waals surface area contributed by atoms with E-state index in [1.54, 1.807) is 13.8 Å². The summed E-state index contributed by atoms with van der Waals surface area (Å²) in [5.41, 5.74) is 0. The fraction of sp³-hybridized carbons (Fsp3) is 0.909. The highest BCUT2D eigenvalue weighted by atomic mass is 32.2. The first kappa shape index (κ1) is 23.6. The number of hydrogen-bond donors (Lipinski definition) is 4. The molecule has 0 radical (unpaired) electrons. The number of rotatable bonds is 11. The SMILES string of the molecule is CC(C)CC(=O)OC1[C@H](O)O[C@@H](CO)[C@@H](S(=O)OOO)[C@@H]1OSOOO. The molecule has 0 amide bonds. The average molecular weight is 424 g/mol. The standard InChI is InChI=1S/C11H20O13S2/c1-5(2)3-7(13)19-9-8(20-25-23-21-15)10(26(17)24-22-16)6(4-12)18-11(9)14/h5-6,8-12,14-16H,3-4H2,1-2H3/t6-,8+,9?,10+,11+,26?/m0/s1. The lowest BCUT2D eigenvalue weighted by Gasteiger charge is -2.41. The average Bonchev–Trinajstić information content (AvgIpc) is 2.56. The number of hydrogen-bond acceptors (Lipinski definition) is 14. The van der Waals surface area contributed by atoms with E-state index in [0.717, 1.165) is 0 Å². The minimum Gasteiger partial charge on any atom is -0.454 e. The van der Waals surface area contributed by atoms with Gasteiger partial charge in [0.25, 0.3) is 0 Å². The van der Waals surface area contributed by atoms with Gasteiger partial charge in [0.05, 0.1) is 6.61 Å². The van der Waals surface area contributed by atoms with Crippen molar-refractivity contribution >= 4 is 29.4 Å². The Kier molecular flexibility index (Phi) is 11.0. The van der Waals surface area contributed by atoms with E-state index in [0.29, 0.717) is 0 Å². The van der Waals surface area contributed by atoms with Crippen molar-refractivity contribution in [2.24, 2.45) is 5.92 Å². The maximum Gasteiger partial charge on any atom is 0.306 e. The highest BCUT2D eigenvalue weighted by molar-refractivity contribution is 7.89. The molecule has 0 spiro atoms. The molecule has 0 aromatic rings. The van der Waals surface area contributed by atoms with Gasteiger partial charge in [-0.3, -0.25) is 8.98 Å². The normalized spacial score (nSPS) is 30.3. The third kappa shape index (κ3) is 6.95. The minimum atomic E-state index is -2.49. The van der Waals surface area contributed by atoms with Crippen LogP contribution in [0, 0.1) is 5.92 Å². The van der Waals surface area contributed by atoms with Gasteiger partial charge >= 0.3 is 5.97 Å². The van der Waals surface area contributed by atoms with Gasteiger partial charge in [-0.25, -0.2) is 14.7 Å². The molecule has 1 aliphatic rings. The van der Waals surface area contributed by atoms with Crippen molar-refractivity contribution in [2.75, 3.05) is 6.61 Å². The molecule has 1 rings (SSSR count). The summed E-state index contributed by atoms with van der Waals surface area (Å²) in [6.45, 7) is 2.78. The molecule has 26 heavy (non-hydrogen) atoms. The Balaban J connectivity index is 3.04. The fourth-order valence-corrected chi connectivity index (χ4v) is 3.62. The summed E-state index contributed by atoms with van der Waals surface area (Å²) in [6.07, 6.45) is -6.04. The lowest BCUT2D eigenvalue weighted by molar-refractivity contribution is -0.436. The molecule has 6 atom stereocenters. The molecule has 4 N–H and O–H groups in total. The second-order valence-electron chi connectivity index (χ2n) is 5.44. The molecular weight excluding hydrogens is 404 g/mol. The van der Waals surface area contributed by atoms with Crippen LogP contribution in [0.5, 0.6) is 0 Å². The van der Waals surface area contributed by atoms with Crippen molar-refractivity contribution in [3.8, 4) is 0 Å². The van der Waals surface area contributed by atoms with Gasteiger partial charge in [-0.2, -0.15) is 0 Å². The van der Waals surface area contributed by atoms with E-state index < -0.39 is 53.5 Å². The summed E-state index contributed by atoms with van der Waals surface area (Å²) < 4.78 is 35.6. The Bertz CT molecular complexity index is 450. The van der Waals surface area contributed by atoms with Gasteiger partial charge in [-0.05, 0) is 5.92 Å². The van der Waals surface area contributed by atoms with Gasteiger partial charge < -0.3 is 19.7 Å². The molecule has 0 aromatic heterocycles. The van der Waals surface area contributed by atoms with Crippen LogP contribution in [0.15, 0.2) is 0 Å². The highest BCUT2D eigenvalue weighted by Crippen LogP contribution is 2.31. The van der Waals surface area contributed by atoms with E-state index in [-0.39, 0.29) is 24.7 Å². The first-order valence-electron chi connectivity index (χ1n) is 7.18. The summed E-state index contributed by atoms with van der Waals surface area (Å²) in [4.78, 5) is 11.9. The number of ether oxygens (including phenoxy) is 2. The maximum atomic E-state index is 12.1. The van der Waals surface area contributed by atoms with Crippen LogP contribution in [0.2, 0.25) is 0 Å². The molecule has 1 heterocycles. The zero-order valence-corrected chi connectivity index (χ0v) is 15.3. The summed E-state index contributed by atoms with van der Waals surface area (Å²) in [6, 6.07) is 0. The summed E-state index contributed by atoms with van der Waals surface area (Å²) in [5, 5.41) is 41.2. The van der Waals surface area contributed by atoms with E-state index in [1.165, 1.54) is 0 Å². The molecule has 13 nitrogen and oxygen atoms in total. The molecule has 0 bridgehead atoms. The molecular formula is C11H20O13S2. The summed E-state index contributed by atoms with van der Waals surface area (Å²) >= 11 is -2.44. The quantitative estimate of drug-likeness (QED) is 0.109. The van der Waals surface area contributed by atoms with Crippen molar-refractivity contribution < 1.29 is 62.1 Å². The summed E-state index contributed by atoms with van der Waals surface area (Å²) in [7, 11) is 0. The number of esters is 1. The molecule has 1 saturated heterocycles. The first-order chi connectivity index (χ1) is 12.3. The van der Waals surface area contributed by atoms with Gasteiger partial charge in [-0.1, -0.05) is 23.9 Å². The van der Waals surface area contributed by atoms with E-state index >= 15 is 0 Å². The number of carbonyl (C=O) groups is 1. The van der Waals surface area contributed by atoms with E-state index in [2.05, 4.69) is 18.7 Å². The zero-order valence-electron chi connectivity index (χ0n) is 13.7. The molecule has 0 aromatic carbocycles. The van der Waals surface area contributed by atoms with Gasteiger partial charge in [0.1, 0.15) is 17.5 Å². The molecule has 2 unspecified atom stereocenters. The molecule has 0 saturated carbocycles. The van der Waals surface area contributed by atoms with E-state index in [1.807, 2.05) is 0 Å². The van der Waals surface area contributed by atoms with E-state index in [4.69, 9.17) is 24.2 Å². The van der Waals surface area contributed by atoms with Crippen molar-refractivity contribution in [3.05, 3.63) is 0 Å². The number of aliphatic hydroxyl groups is 2. The van der Waals surface area contributed by atoms with Crippen molar-refractivity contribution in [3.63, 3.8) is 0 Å². The van der Waals surface area contributed by atoms with Gasteiger partial charge in [0.15, 0.2) is 35.8 Å². The number of carbonyl (C=O) groups excluding carboxylic acids is 1. The molecule has 1 fully saturated rings. The Morgan fingerprint density at radius 2 is 1.96 bits per heavy atom. The lowest BCUT2D eigenvalue weighted by Crippen LogP contribution is -2.61. The Morgan fingerprint density at radius 3 is 2.50 bits per heavy atom. The second-order valence-corrected chi connectivity index (χ2v) is 7.11. The third-order valence-electron chi connectivity index (χ3n) is 3.16. The highest BCUT2D eigenvalue weighted by Gasteiger charge is 2.52. The van der Waals surface area contributed by atoms with Gasteiger partial charge in [-0.15, -0.1) is 8.67 Å². The predicted octanol–water partition coefficient (Wildman–Crippen LogP) is -0.523. The minimum absolute atomic E-state index is 0.00672. The molecule has 0 aliphatic carbocycles. The monoisotopic (exact) mass is 424 g/mol. The summed E-state index contributed by atoms with van der Waals surface area (Å²) in [5.74, 6) is -0.762. The second kappa shape index (κ2) is 12.1. The Hall–Kier alpha value is -0.430. The smallest absolute Gasteiger partial charge is 0.306 e. The van der Waals surface area contributed by atoms with Crippen LogP contribution >= 0.6 is 12.3 Å². The van der Waals surface area contributed by atoms with Gasteiger partial charge in [0, 0.05) is 6.42 Å². The van der Waals surface area contributed by atoms with Crippen LogP contribution in [-0.4, -0.2) is 67.4 Å². The van der Waals surface area contributed by atoms with Crippen LogP contribution in [-0.2, 0) is 48.3 Å². The Labute approximate surface area is 154 Å². The van der Waals surface area contributed by atoms with Crippen LogP contribution in [0.3, 0.4) is 0 Å². The fourth-order valence-electron chi connectivity index (χ4n) is 2.19. The van der Waals surface area contributed by atoms with Crippen LogP contribution < -0.4 is 0 Å². The predicted molar refractivity (Wildman–Crippen MR) is 81.3 cm³/mol. The molecule has 15 heteroatoms. The first-order valence-corrected chi connectivity index (χ1v) is 8.99. The van der Waals surface area contributed by atoms with Gasteiger partial charge in [0.2, 0.25) is 0 Å². The maximum absolute atomic E-state index is 12.1. The van der Waals surface area contributed by atoms with E-state index in [9.17, 15) is 19.2 Å².